The van der Waals surface area contributed by atoms with Gasteiger partial charge in [-0.1, -0.05) is 0 Å². The molecule has 1 amide bonds. The van der Waals surface area contributed by atoms with Gasteiger partial charge in [0, 0.05) is 26.1 Å². The fourth-order valence-electron chi connectivity index (χ4n) is 1.89. The second-order valence-electron chi connectivity index (χ2n) is 5.08. The monoisotopic (exact) mass is 307 g/mol. The van der Waals surface area contributed by atoms with Crippen LogP contribution >= 0.6 is 0 Å². The summed E-state index contributed by atoms with van der Waals surface area (Å²) in [5, 5.41) is 2.74. The van der Waals surface area contributed by atoms with E-state index in [2.05, 4.69) is 5.32 Å². The molecule has 0 aliphatic carbocycles. The minimum Gasteiger partial charge on any atom is -0.379 e. The van der Waals surface area contributed by atoms with E-state index in [0.717, 1.165) is 13.0 Å². The van der Waals surface area contributed by atoms with Crippen molar-refractivity contribution >= 4 is 15.9 Å². The Morgan fingerprint density at radius 1 is 1.30 bits per heavy atom. The summed E-state index contributed by atoms with van der Waals surface area (Å²) >= 11 is 0. The predicted molar refractivity (Wildman–Crippen MR) is 77.0 cm³/mol. The van der Waals surface area contributed by atoms with Crippen LogP contribution < -0.4 is 5.32 Å². The summed E-state index contributed by atoms with van der Waals surface area (Å²) in [5.74, 6) is -0.340. The highest BCUT2D eigenvalue weighted by Crippen LogP contribution is 2.06. The van der Waals surface area contributed by atoms with E-state index in [1.54, 1.807) is 0 Å². The average molecular weight is 307 g/mol. The van der Waals surface area contributed by atoms with E-state index in [-0.39, 0.29) is 18.1 Å². The van der Waals surface area contributed by atoms with E-state index in [4.69, 9.17) is 4.74 Å². The maximum absolute atomic E-state index is 12.0. The van der Waals surface area contributed by atoms with E-state index < -0.39 is 10.0 Å². The van der Waals surface area contributed by atoms with Crippen LogP contribution in [0.2, 0.25) is 0 Å². The van der Waals surface area contributed by atoms with E-state index >= 15 is 0 Å². The van der Waals surface area contributed by atoms with Crippen molar-refractivity contribution < 1.29 is 17.9 Å². The van der Waals surface area contributed by atoms with Gasteiger partial charge in [-0.15, -0.1) is 0 Å². The molecule has 0 atom stereocenters. The lowest BCUT2D eigenvalue weighted by atomic mass is 10.4. The van der Waals surface area contributed by atoms with Gasteiger partial charge in [-0.3, -0.25) is 4.79 Å². The summed E-state index contributed by atoms with van der Waals surface area (Å²) in [7, 11) is 0.600. The number of nitrogens with one attached hydrogen (secondary N) is 1. The standard InChI is InChI=1S/C12H25N3O4S/c1-14(2)6-3-5-13-12(16)4-11-20(17,18)15-7-9-19-10-8-15/h3-11H2,1-2H3,(H,13,16). The summed E-state index contributed by atoms with van der Waals surface area (Å²) in [5.41, 5.74) is 0. The van der Waals surface area contributed by atoms with Crippen LogP contribution in [0.3, 0.4) is 0 Å². The van der Waals surface area contributed by atoms with Crippen molar-refractivity contribution in [2.45, 2.75) is 12.8 Å². The van der Waals surface area contributed by atoms with Gasteiger partial charge in [0.2, 0.25) is 15.9 Å². The summed E-state index contributed by atoms with van der Waals surface area (Å²) < 4.78 is 30.5. The molecule has 1 fully saturated rings. The molecule has 1 aliphatic rings. The summed E-state index contributed by atoms with van der Waals surface area (Å²) in [4.78, 5) is 13.6. The molecular formula is C12H25N3O4S. The van der Waals surface area contributed by atoms with E-state index in [1.165, 1.54) is 4.31 Å². The second kappa shape index (κ2) is 8.56. The Balaban J connectivity index is 2.22. The largest absolute Gasteiger partial charge is 0.379 e. The molecule has 1 N–H and O–H groups in total. The van der Waals surface area contributed by atoms with Crippen LogP contribution in [0.1, 0.15) is 12.8 Å². The minimum absolute atomic E-state index is 0.0155. The molecule has 1 heterocycles. The van der Waals surface area contributed by atoms with Crippen LogP contribution in [0.4, 0.5) is 0 Å². The van der Waals surface area contributed by atoms with Crippen LogP contribution in [0.15, 0.2) is 0 Å². The van der Waals surface area contributed by atoms with E-state index in [1.807, 2.05) is 19.0 Å². The highest BCUT2D eigenvalue weighted by atomic mass is 32.2. The molecule has 0 spiro atoms. The zero-order chi connectivity index (χ0) is 15.0. The number of sulfonamides is 1. The van der Waals surface area contributed by atoms with Crippen molar-refractivity contribution in [1.82, 2.24) is 14.5 Å². The summed E-state index contributed by atoms with van der Waals surface area (Å²) in [6.07, 6.45) is 0.872. The van der Waals surface area contributed by atoms with Crippen molar-refractivity contribution in [2.24, 2.45) is 0 Å². The SMILES string of the molecule is CN(C)CCCNC(=O)CCS(=O)(=O)N1CCOCC1. The van der Waals surface area contributed by atoms with Gasteiger partial charge in [-0.25, -0.2) is 8.42 Å². The molecule has 0 unspecified atom stereocenters. The number of carbonyl (C=O) groups is 1. The van der Waals surface area contributed by atoms with Crippen molar-refractivity contribution in [3.8, 4) is 0 Å². The van der Waals surface area contributed by atoms with Crippen molar-refractivity contribution in [3.63, 3.8) is 0 Å². The lowest BCUT2D eigenvalue weighted by Crippen LogP contribution is -2.42. The zero-order valence-electron chi connectivity index (χ0n) is 12.3. The first-order chi connectivity index (χ1) is 9.42. The Morgan fingerprint density at radius 2 is 1.95 bits per heavy atom. The number of hydrogen-bond acceptors (Lipinski definition) is 5. The second-order valence-corrected chi connectivity index (χ2v) is 7.17. The molecule has 1 rings (SSSR count). The maximum atomic E-state index is 12.0. The Labute approximate surface area is 121 Å². The van der Waals surface area contributed by atoms with E-state index in [9.17, 15) is 13.2 Å². The van der Waals surface area contributed by atoms with Crippen LogP contribution in [-0.2, 0) is 19.6 Å². The third kappa shape index (κ3) is 6.65. The normalized spacial score (nSPS) is 17.4. The number of carbonyl (C=O) groups excluding carboxylic acids is 1. The minimum atomic E-state index is -3.34. The molecule has 1 aliphatic heterocycles. The fraction of sp³-hybridized carbons (Fsp3) is 0.917. The van der Waals surface area contributed by atoms with Crippen LogP contribution in [0.5, 0.6) is 0 Å². The maximum Gasteiger partial charge on any atom is 0.221 e. The molecule has 0 saturated carbocycles. The first kappa shape index (κ1) is 17.4. The Hall–Kier alpha value is -0.700. The molecule has 0 aromatic carbocycles. The molecule has 118 valence electrons. The molecule has 8 heteroatoms. The Bertz CT molecular complexity index is 392. The zero-order valence-corrected chi connectivity index (χ0v) is 13.1. The summed E-state index contributed by atoms with van der Waals surface area (Å²) in [6.45, 7) is 3.09. The number of amides is 1. The Morgan fingerprint density at radius 3 is 2.55 bits per heavy atom. The lowest BCUT2D eigenvalue weighted by molar-refractivity contribution is -0.120. The van der Waals surface area contributed by atoms with Crippen molar-refractivity contribution in [1.29, 1.82) is 0 Å². The molecule has 20 heavy (non-hydrogen) atoms. The molecule has 0 radical (unpaired) electrons. The predicted octanol–water partition coefficient (Wildman–Crippen LogP) is -0.894. The average Bonchev–Trinajstić information content (AvgIpc) is 2.42. The fourth-order valence-corrected chi connectivity index (χ4v) is 3.29. The van der Waals surface area contributed by atoms with Crippen molar-refractivity contribution in [2.75, 3.05) is 59.2 Å². The highest BCUT2D eigenvalue weighted by molar-refractivity contribution is 7.89. The van der Waals surface area contributed by atoms with Crippen molar-refractivity contribution in [3.05, 3.63) is 0 Å². The molecular weight excluding hydrogens is 282 g/mol. The number of hydrogen-bond donors (Lipinski definition) is 1. The van der Waals surface area contributed by atoms with Crippen LogP contribution in [0, 0.1) is 0 Å². The number of nitrogens with zero attached hydrogens (tertiary/aromatic N) is 2. The quantitative estimate of drug-likeness (QED) is 0.588. The van der Waals surface area contributed by atoms with Gasteiger partial charge < -0.3 is 15.0 Å². The van der Waals surface area contributed by atoms with Gasteiger partial charge in [0.1, 0.15) is 0 Å². The smallest absolute Gasteiger partial charge is 0.221 e. The van der Waals surface area contributed by atoms with Gasteiger partial charge in [0.15, 0.2) is 0 Å². The molecule has 0 aromatic rings. The molecule has 1 saturated heterocycles. The van der Waals surface area contributed by atoms with E-state index in [0.29, 0.717) is 32.8 Å². The Kier molecular flexibility index (Phi) is 7.42. The number of rotatable bonds is 8. The topological polar surface area (TPSA) is 79.0 Å². The van der Waals surface area contributed by atoms with Crippen LogP contribution in [-0.4, -0.2) is 82.8 Å². The first-order valence-corrected chi connectivity index (χ1v) is 8.50. The van der Waals surface area contributed by atoms with Gasteiger partial charge in [-0.2, -0.15) is 4.31 Å². The van der Waals surface area contributed by atoms with Gasteiger partial charge in [-0.05, 0) is 27.1 Å². The lowest BCUT2D eigenvalue weighted by Gasteiger charge is -2.25. The molecule has 0 aromatic heterocycles. The van der Waals surface area contributed by atoms with Gasteiger partial charge >= 0.3 is 0 Å². The number of morpholine rings is 1. The third-order valence-corrected chi connectivity index (χ3v) is 4.93. The van der Waals surface area contributed by atoms with Gasteiger partial charge in [0.05, 0.1) is 19.0 Å². The summed E-state index contributed by atoms with van der Waals surface area (Å²) in [6, 6.07) is 0. The third-order valence-electron chi connectivity index (χ3n) is 3.05. The number of ether oxygens (including phenoxy) is 1. The first-order valence-electron chi connectivity index (χ1n) is 6.89. The molecule has 0 bridgehead atoms. The highest BCUT2D eigenvalue weighted by Gasteiger charge is 2.24. The molecule has 7 nitrogen and oxygen atoms in total. The van der Waals surface area contributed by atoms with Gasteiger partial charge in [0.25, 0.3) is 0 Å². The van der Waals surface area contributed by atoms with Crippen LogP contribution in [0.25, 0.3) is 0 Å².